The van der Waals surface area contributed by atoms with E-state index in [9.17, 15) is 18.0 Å². The minimum atomic E-state index is -4.03. The minimum Gasteiger partial charge on any atom is -0.379 e. The number of carbonyl (C=O) groups is 2. The van der Waals surface area contributed by atoms with Crippen LogP contribution in [0.3, 0.4) is 0 Å². The molecule has 8 nitrogen and oxygen atoms in total. The van der Waals surface area contributed by atoms with Crippen LogP contribution in [0.1, 0.15) is 11.6 Å². The SMILES string of the molecule is O=C1[C@H]2[C@@H](ON(c3ccccc3)[C@H]2c2ccc(OS(=O)(=O)c3ccccc3)cc2)C(=O)N1c1ccc(Cl)c(Cl)c1. The minimum absolute atomic E-state index is 0.0267. The van der Waals surface area contributed by atoms with E-state index in [2.05, 4.69) is 0 Å². The van der Waals surface area contributed by atoms with Crippen LogP contribution in [-0.2, 0) is 24.5 Å². The zero-order valence-corrected chi connectivity index (χ0v) is 22.9. The Morgan fingerprint density at radius 2 is 1.38 bits per heavy atom. The first-order chi connectivity index (χ1) is 19.2. The van der Waals surface area contributed by atoms with Crippen molar-refractivity contribution in [3.63, 3.8) is 0 Å². The third-order valence-electron chi connectivity index (χ3n) is 6.75. The zero-order chi connectivity index (χ0) is 28.0. The number of fused-ring (bicyclic) bond motifs is 1. The fourth-order valence-corrected chi connectivity index (χ4v) is 6.16. The van der Waals surface area contributed by atoms with E-state index in [0.717, 1.165) is 4.90 Å². The van der Waals surface area contributed by atoms with E-state index in [-0.39, 0.29) is 15.7 Å². The van der Waals surface area contributed by atoms with Crippen molar-refractivity contribution in [3.8, 4) is 5.75 Å². The molecule has 2 fully saturated rings. The standard InChI is InChI=1S/C29H20Cl2N2O6S/c30-23-16-13-20(17-24(23)31)32-28(34)25-26(33(38-27(25)29(32)35)19-7-3-1-4-8-19)18-11-14-21(15-12-18)39-40(36,37)22-9-5-2-6-10-22/h1-17,25-27H/t25-,26+,27-/m1/s1. The molecule has 4 aromatic carbocycles. The number of rotatable bonds is 6. The molecular formula is C29H20Cl2N2O6S. The van der Waals surface area contributed by atoms with Crippen molar-refractivity contribution in [2.24, 2.45) is 5.92 Å². The summed E-state index contributed by atoms with van der Waals surface area (Å²) >= 11 is 12.2. The first kappa shape index (κ1) is 26.3. The van der Waals surface area contributed by atoms with Gasteiger partial charge in [-0.25, -0.2) is 9.96 Å². The van der Waals surface area contributed by atoms with Crippen LogP contribution >= 0.6 is 23.2 Å². The lowest BCUT2D eigenvalue weighted by atomic mass is 9.90. The molecule has 2 saturated heterocycles. The van der Waals surface area contributed by atoms with Gasteiger partial charge in [-0.2, -0.15) is 8.42 Å². The van der Waals surface area contributed by atoms with Crippen molar-refractivity contribution < 1.29 is 27.0 Å². The Kier molecular flexibility index (Phi) is 6.75. The summed E-state index contributed by atoms with van der Waals surface area (Å²) in [7, 11) is -4.03. The predicted molar refractivity (Wildman–Crippen MR) is 150 cm³/mol. The molecular weight excluding hydrogens is 575 g/mol. The summed E-state index contributed by atoms with van der Waals surface area (Å²) in [4.78, 5) is 34.5. The number of halogens is 2. The average Bonchev–Trinajstić information content (AvgIpc) is 3.47. The molecule has 2 heterocycles. The second kappa shape index (κ2) is 10.3. The average molecular weight is 595 g/mol. The lowest BCUT2D eigenvalue weighted by Crippen LogP contribution is -2.37. The monoisotopic (exact) mass is 594 g/mol. The quantitative estimate of drug-likeness (QED) is 0.205. The van der Waals surface area contributed by atoms with Gasteiger partial charge in [-0.3, -0.25) is 14.4 Å². The number of anilines is 2. The molecule has 40 heavy (non-hydrogen) atoms. The highest BCUT2D eigenvalue weighted by Crippen LogP contribution is 2.48. The van der Waals surface area contributed by atoms with E-state index in [0.29, 0.717) is 22.0 Å². The molecule has 4 aromatic rings. The maximum absolute atomic E-state index is 13.8. The Hall–Kier alpha value is -3.89. The second-order valence-corrected chi connectivity index (χ2v) is 11.5. The van der Waals surface area contributed by atoms with Gasteiger partial charge in [0.05, 0.1) is 27.5 Å². The highest BCUT2D eigenvalue weighted by molar-refractivity contribution is 7.87. The molecule has 2 aliphatic rings. The van der Waals surface area contributed by atoms with Crippen molar-refractivity contribution in [2.75, 3.05) is 9.96 Å². The van der Waals surface area contributed by atoms with E-state index in [4.69, 9.17) is 32.2 Å². The maximum Gasteiger partial charge on any atom is 0.339 e. The topological polar surface area (TPSA) is 93.2 Å². The van der Waals surface area contributed by atoms with Gasteiger partial charge in [0.15, 0.2) is 6.10 Å². The number of imide groups is 1. The fourth-order valence-electron chi connectivity index (χ4n) is 4.91. The lowest BCUT2D eigenvalue weighted by Gasteiger charge is -2.29. The summed E-state index contributed by atoms with van der Waals surface area (Å²) in [6.45, 7) is 0. The highest BCUT2D eigenvalue weighted by atomic mass is 35.5. The molecule has 2 amide bonds. The van der Waals surface area contributed by atoms with Crippen LogP contribution in [0, 0.1) is 5.92 Å². The molecule has 11 heteroatoms. The molecule has 3 atom stereocenters. The van der Waals surface area contributed by atoms with Crippen molar-refractivity contribution >= 4 is 56.5 Å². The number of nitrogens with zero attached hydrogens (tertiary/aromatic N) is 2. The summed E-state index contributed by atoms with van der Waals surface area (Å²) in [5.41, 5.74) is 1.57. The maximum atomic E-state index is 13.8. The summed E-state index contributed by atoms with van der Waals surface area (Å²) in [6.07, 6.45) is -1.08. The first-order valence-corrected chi connectivity index (χ1v) is 14.3. The number of hydrogen-bond donors (Lipinski definition) is 0. The van der Waals surface area contributed by atoms with E-state index < -0.39 is 40.0 Å². The van der Waals surface area contributed by atoms with Crippen LogP contribution in [-0.4, -0.2) is 26.3 Å². The highest BCUT2D eigenvalue weighted by Gasteiger charge is 2.60. The van der Waals surface area contributed by atoms with Crippen LogP contribution in [0.25, 0.3) is 0 Å². The van der Waals surface area contributed by atoms with Crippen molar-refractivity contribution in [2.45, 2.75) is 17.0 Å². The van der Waals surface area contributed by atoms with Crippen molar-refractivity contribution in [1.29, 1.82) is 0 Å². The fraction of sp³-hybridized carbons (Fsp3) is 0.103. The summed E-state index contributed by atoms with van der Waals surface area (Å²) in [6, 6.07) is 27.1. The lowest BCUT2D eigenvalue weighted by molar-refractivity contribution is -0.126. The number of carbonyl (C=O) groups excluding carboxylic acids is 2. The van der Waals surface area contributed by atoms with Crippen molar-refractivity contribution in [1.82, 2.24) is 0 Å². The molecule has 0 N–H and O–H groups in total. The summed E-state index contributed by atoms with van der Waals surface area (Å²) in [5, 5.41) is 2.06. The Bertz CT molecular complexity index is 1700. The Labute approximate surface area is 240 Å². The molecule has 0 unspecified atom stereocenters. The molecule has 2 aliphatic heterocycles. The van der Waals surface area contributed by atoms with Crippen molar-refractivity contribution in [3.05, 3.63) is 119 Å². The van der Waals surface area contributed by atoms with Gasteiger partial charge >= 0.3 is 10.1 Å². The Balaban J connectivity index is 1.35. The van der Waals surface area contributed by atoms with Gasteiger partial charge in [0, 0.05) is 0 Å². The van der Waals surface area contributed by atoms with Gasteiger partial charge in [-0.1, -0.05) is 71.7 Å². The van der Waals surface area contributed by atoms with Gasteiger partial charge in [0.25, 0.3) is 5.91 Å². The molecule has 0 aliphatic carbocycles. The number of hydrogen-bond acceptors (Lipinski definition) is 7. The van der Waals surface area contributed by atoms with Gasteiger partial charge in [0.2, 0.25) is 5.91 Å². The molecule has 0 radical (unpaired) electrons. The third kappa shape index (κ3) is 4.61. The van der Waals surface area contributed by atoms with Gasteiger partial charge in [0.1, 0.15) is 16.6 Å². The summed E-state index contributed by atoms with van der Waals surface area (Å²) in [5.74, 6) is -1.77. The Morgan fingerprint density at radius 3 is 2.02 bits per heavy atom. The second-order valence-electron chi connectivity index (χ2n) is 9.19. The van der Waals surface area contributed by atoms with Gasteiger partial charge in [-0.05, 0) is 60.2 Å². The molecule has 0 aromatic heterocycles. The summed E-state index contributed by atoms with van der Waals surface area (Å²) < 4.78 is 30.6. The van der Waals surface area contributed by atoms with E-state index in [1.807, 2.05) is 30.3 Å². The van der Waals surface area contributed by atoms with Gasteiger partial charge in [-0.15, -0.1) is 0 Å². The molecule has 0 saturated carbocycles. The van der Waals surface area contributed by atoms with Crippen LogP contribution in [0.5, 0.6) is 5.75 Å². The van der Waals surface area contributed by atoms with Crippen LogP contribution < -0.4 is 14.1 Å². The molecule has 0 bridgehead atoms. The molecule has 202 valence electrons. The first-order valence-electron chi connectivity index (χ1n) is 12.2. The predicted octanol–water partition coefficient (Wildman–Crippen LogP) is 5.81. The smallest absolute Gasteiger partial charge is 0.339 e. The van der Waals surface area contributed by atoms with Crippen LogP contribution in [0.15, 0.2) is 108 Å². The number of hydroxylamine groups is 1. The van der Waals surface area contributed by atoms with Crippen LogP contribution in [0.2, 0.25) is 10.0 Å². The van der Waals surface area contributed by atoms with Gasteiger partial charge < -0.3 is 4.18 Å². The number of benzene rings is 4. The molecule has 0 spiro atoms. The zero-order valence-electron chi connectivity index (χ0n) is 20.6. The number of para-hydroxylation sites is 1. The van der Waals surface area contributed by atoms with E-state index in [1.165, 1.54) is 36.4 Å². The van der Waals surface area contributed by atoms with E-state index >= 15 is 0 Å². The normalized spacial score (nSPS) is 20.6. The number of amides is 2. The Morgan fingerprint density at radius 1 is 0.725 bits per heavy atom. The van der Waals surface area contributed by atoms with E-state index in [1.54, 1.807) is 41.5 Å². The largest absolute Gasteiger partial charge is 0.379 e. The molecule has 6 rings (SSSR count). The van der Waals surface area contributed by atoms with Crippen LogP contribution in [0.4, 0.5) is 11.4 Å². The third-order valence-corrected chi connectivity index (χ3v) is 8.75.